The maximum Gasteiger partial charge on any atom is 0.188 e. The van der Waals surface area contributed by atoms with Crippen molar-refractivity contribution in [2.45, 2.75) is 11.6 Å². The lowest BCUT2D eigenvalue weighted by Crippen LogP contribution is -1.89. The van der Waals surface area contributed by atoms with E-state index in [9.17, 15) is 0 Å². The predicted molar refractivity (Wildman–Crippen MR) is 64.1 cm³/mol. The van der Waals surface area contributed by atoms with Crippen LogP contribution in [0.15, 0.2) is 11.4 Å². The zero-order valence-corrected chi connectivity index (χ0v) is 10.7. The summed E-state index contributed by atoms with van der Waals surface area (Å²) in [6.45, 7) is 0. The molecule has 0 aliphatic rings. The molecule has 0 radical (unpaired) electrons. The zero-order valence-electron chi connectivity index (χ0n) is 7.55. The Hall–Kier alpha value is -0.240. The molecule has 0 saturated carbocycles. The Balaban J connectivity index is 2.85. The van der Waals surface area contributed by atoms with Crippen LogP contribution in [0.4, 0.5) is 0 Å². The third-order valence-corrected chi connectivity index (χ3v) is 2.59. The number of rotatable bonds is 2. The Morgan fingerprint density at radius 1 is 1.64 bits per heavy atom. The van der Waals surface area contributed by atoms with Gasteiger partial charge < -0.3 is 0 Å². The Labute approximate surface area is 101 Å². The fourth-order valence-electron chi connectivity index (χ4n) is 0.733. The fourth-order valence-corrected chi connectivity index (χ4v) is 1.50. The van der Waals surface area contributed by atoms with Crippen molar-refractivity contribution in [2.75, 3.05) is 11.6 Å². The molecular weight excluding hydrogens is 284 g/mol. The summed E-state index contributed by atoms with van der Waals surface area (Å²) in [7, 11) is 0. The van der Waals surface area contributed by atoms with Crippen molar-refractivity contribution < 1.29 is 0 Å². The summed E-state index contributed by atoms with van der Waals surface area (Å²) in [5.74, 6) is 5.88. The number of hydrogen-bond donors (Lipinski definition) is 0. The van der Waals surface area contributed by atoms with E-state index in [4.69, 9.17) is 11.6 Å². The van der Waals surface area contributed by atoms with E-state index >= 15 is 0 Å². The Morgan fingerprint density at radius 2 is 2.43 bits per heavy atom. The van der Waals surface area contributed by atoms with Gasteiger partial charge in [0.2, 0.25) is 0 Å². The van der Waals surface area contributed by atoms with Crippen molar-refractivity contribution in [3.8, 4) is 11.8 Å². The van der Waals surface area contributed by atoms with Gasteiger partial charge in [0.1, 0.15) is 5.15 Å². The van der Waals surface area contributed by atoms with Gasteiger partial charge in [-0.05, 0) is 6.26 Å². The Bertz CT molecular complexity index is 373. The molecule has 0 N–H and O–H groups in total. The largest absolute Gasteiger partial charge is 0.230 e. The summed E-state index contributed by atoms with van der Waals surface area (Å²) < 4.78 is 0. The number of alkyl halides is 1. The van der Waals surface area contributed by atoms with Crippen LogP contribution in [-0.2, 0) is 0 Å². The standard InChI is InChI=1S/C9H8BrClN2S/c1-14-9-12-6-7(8(11)13-9)4-2-3-5-10/h6H,3,5H2,1H3. The molecule has 0 atom stereocenters. The average molecular weight is 292 g/mol. The lowest BCUT2D eigenvalue weighted by Gasteiger charge is -1.96. The number of nitrogens with zero attached hydrogens (tertiary/aromatic N) is 2. The molecule has 1 aromatic heterocycles. The minimum Gasteiger partial charge on any atom is -0.230 e. The lowest BCUT2D eigenvalue weighted by molar-refractivity contribution is 0.965. The molecule has 2 nitrogen and oxygen atoms in total. The maximum absolute atomic E-state index is 5.91. The van der Waals surface area contributed by atoms with Crippen molar-refractivity contribution in [3.63, 3.8) is 0 Å². The highest BCUT2D eigenvalue weighted by Crippen LogP contribution is 2.15. The fraction of sp³-hybridized carbons (Fsp3) is 0.333. The topological polar surface area (TPSA) is 25.8 Å². The van der Waals surface area contributed by atoms with Crippen molar-refractivity contribution >= 4 is 39.3 Å². The molecule has 5 heteroatoms. The second kappa shape index (κ2) is 6.28. The van der Waals surface area contributed by atoms with Gasteiger partial charge in [-0.15, -0.1) is 0 Å². The van der Waals surface area contributed by atoms with Gasteiger partial charge in [0.25, 0.3) is 0 Å². The van der Waals surface area contributed by atoms with Crippen molar-refractivity contribution in [1.29, 1.82) is 0 Å². The minimum absolute atomic E-state index is 0.423. The molecule has 0 spiro atoms. The Kier molecular flexibility index (Phi) is 5.31. The predicted octanol–water partition coefficient (Wildman–Crippen LogP) is 2.99. The van der Waals surface area contributed by atoms with E-state index in [0.29, 0.717) is 15.9 Å². The van der Waals surface area contributed by atoms with Crippen LogP contribution in [0.5, 0.6) is 0 Å². The van der Waals surface area contributed by atoms with E-state index in [1.165, 1.54) is 11.8 Å². The monoisotopic (exact) mass is 290 g/mol. The molecule has 1 rings (SSSR count). The van der Waals surface area contributed by atoms with Crippen LogP contribution < -0.4 is 0 Å². The quantitative estimate of drug-likeness (QED) is 0.275. The highest BCUT2D eigenvalue weighted by atomic mass is 79.9. The van der Waals surface area contributed by atoms with Crippen LogP contribution in [0.3, 0.4) is 0 Å². The van der Waals surface area contributed by atoms with Crippen LogP contribution in [0, 0.1) is 11.8 Å². The van der Waals surface area contributed by atoms with E-state index in [2.05, 4.69) is 37.7 Å². The van der Waals surface area contributed by atoms with Crippen LogP contribution >= 0.6 is 39.3 Å². The van der Waals surface area contributed by atoms with Gasteiger partial charge in [-0.25, -0.2) is 9.97 Å². The Morgan fingerprint density at radius 3 is 3.00 bits per heavy atom. The molecule has 0 aromatic carbocycles. The van der Waals surface area contributed by atoms with Gasteiger partial charge in [-0.1, -0.05) is 51.1 Å². The van der Waals surface area contributed by atoms with E-state index in [0.717, 1.165) is 11.8 Å². The summed E-state index contributed by atoms with van der Waals surface area (Å²) in [6, 6.07) is 0. The molecule has 0 unspecified atom stereocenters. The highest BCUT2D eigenvalue weighted by molar-refractivity contribution is 9.09. The number of hydrogen-bond acceptors (Lipinski definition) is 3. The first-order chi connectivity index (χ1) is 6.77. The third kappa shape index (κ3) is 3.49. The van der Waals surface area contributed by atoms with Gasteiger partial charge in [0, 0.05) is 17.9 Å². The van der Waals surface area contributed by atoms with Crippen LogP contribution in [-0.4, -0.2) is 21.6 Å². The molecule has 74 valence electrons. The molecule has 1 aromatic rings. The third-order valence-electron chi connectivity index (χ3n) is 1.35. The first-order valence-electron chi connectivity index (χ1n) is 3.89. The van der Waals surface area contributed by atoms with Gasteiger partial charge in [-0.2, -0.15) is 0 Å². The molecule has 0 saturated heterocycles. The SMILES string of the molecule is CSc1ncc(C#CCCBr)c(Cl)n1. The van der Waals surface area contributed by atoms with Gasteiger partial charge in [0.15, 0.2) is 5.16 Å². The number of aromatic nitrogens is 2. The molecule has 0 aliphatic heterocycles. The number of thioether (sulfide) groups is 1. The van der Waals surface area contributed by atoms with Crippen LogP contribution in [0.1, 0.15) is 12.0 Å². The summed E-state index contributed by atoms with van der Waals surface area (Å²) in [5, 5.41) is 1.95. The summed E-state index contributed by atoms with van der Waals surface area (Å²) in [5.41, 5.74) is 0.686. The van der Waals surface area contributed by atoms with E-state index in [-0.39, 0.29) is 0 Å². The minimum atomic E-state index is 0.423. The summed E-state index contributed by atoms with van der Waals surface area (Å²) in [6.07, 6.45) is 4.35. The second-order valence-corrected chi connectivity index (χ2v) is 4.23. The first-order valence-corrected chi connectivity index (χ1v) is 6.61. The average Bonchev–Trinajstić information content (AvgIpc) is 2.20. The summed E-state index contributed by atoms with van der Waals surface area (Å²) in [4.78, 5) is 8.16. The van der Waals surface area contributed by atoms with Crippen molar-refractivity contribution in [3.05, 3.63) is 16.9 Å². The van der Waals surface area contributed by atoms with Crippen LogP contribution in [0.2, 0.25) is 5.15 Å². The smallest absolute Gasteiger partial charge is 0.188 e. The van der Waals surface area contributed by atoms with Crippen molar-refractivity contribution in [2.24, 2.45) is 0 Å². The molecule has 0 bridgehead atoms. The highest BCUT2D eigenvalue weighted by Gasteiger charge is 2.00. The molecular formula is C9H8BrClN2S. The lowest BCUT2D eigenvalue weighted by atomic mass is 10.3. The zero-order chi connectivity index (χ0) is 10.4. The molecule has 14 heavy (non-hydrogen) atoms. The second-order valence-electron chi connectivity index (χ2n) is 2.30. The van der Waals surface area contributed by atoms with Gasteiger partial charge in [-0.3, -0.25) is 0 Å². The number of halogens is 2. The van der Waals surface area contributed by atoms with Crippen LogP contribution in [0.25, 0.3) is 0 Å². The van der Waals surface area contributed by atoms with E-state index in [1.807, 2.05) is 6.26 Å². The molecule has 0 amide bonds. The van der Waals surface area contributed by atoms with Gasteiger partial charge >= 0.3 is 0 Å². The molecule has 0 fully saturated rings. The van der Waals surface area contributed by atoms with E-state index < -0.39 is 0 Å². The first kappa shape index (κ1) is 11.8. The molecule has 0 aliphatic carbocycles. The summed E-state index contributed by atoms with van der Waals surface area (Å²) >= 11 is 10.7. The maximum atomic E-state index is 5.91. The van der Waals surface area contributed by atoms with Gasteiger partial charge in [0.05, 0.1) is 5.56 Å². The van der Waals surface area contributed by atoms with Crippen molar-refractivity contribution in [1.82, 2.24) is 9.97 Å². The van der Waals surface area contributed by atoms with E-state index in [1.54, 1.807) is 6.20 Å². The molecule has 1 heterocycles. The normalized spacial score (nSPS) is 9.36.